The Bertz CT molecular complexity index is 1050. The number of nitrogens with one attached hydrogen (secondary N) is 1. The zero-order valence-electron chi connectivity index (χ0n) is 18.3. The second-order valence-corrected chi connectivity index (χ2v) is 8.02. The third-order valence-electron chi connectivity index (χ3n) is 5.88. The van der Waals surface area contributed by atoms with Crippen LogP contribution in [0.2, 0.25) is 0 Å². The molecule has 0 spiro atoms. The maximum Gasteiger partial charge on any atom is 0.251 e. The molecule has 1 atom stereocenters. The molecule has 0 radical (unpaired) electrons. The Balaban J connectivity index is 1.59. The molecule has 0 fully saturated rings. The number of carbonyl (C=O) groups is 1. The molecule has 0 saturated carbocycles. The highest BCUT2D eigenvalue weighted by molar-refractivity contribution is 5.94. The third-order valence-corrected chi connectivity index (χ3v) is 5.88. The Morgan fingerprint density at radius 1 is 1.06 bits per heavy atom. The largest absolute Gasteiger partial charge is 0.497 e. The number of amides is 1. The average Bonchev–Trinajstić information content (AvgIpc) is 3.23. The Labute approximate surface area is 184 Å². The van der Waals surface area contributed by atoms with Gasteiger partial charge in [-0.2, -0.15) is 0 Å². The molecule has 1 N–H and O–H groups in total. The van der Waals surface area contributed by atoms with Crippen molar-refractivity contribution in [3.8, 4) is 5.75 Å². The predicted octanol–water partition coefficient (Wildman–Crippen LogP) is 4.30. The fourth-order valence-corrected chi connectivity index (χ4v) is 4.15. The Kier molecular flexibility index (Phi) is 6.12. The van der Waals surface area contributed by atoms with E-state index in [-0.39, 0.29) is 11.9 Å². The van der Waals surface area contributed by atoms with Crippen molar-refractivity contribution >= 4 is 17.3 Å². The maximum atomic E-state index is 12.9. The first-order chi connectivity index (χ1) is 15.1. The van der Waals surface area contributed by atoms with Crippen LogP contribution in [0, 0.1) is 0 Å². The van der Waals surface area contributed by atoms with Crippen molar-refractivity contribution in [2.24, 2.45) is 0 Å². The molecule has 160 valence electrons. The van der Waals surface area contributed by atoms with Gasteiger partial charge in [-0.1, -0.05) is 36.4 Å². The summed E-state index contributed by atoms with van der Waals surface area (Å²) in [6, 6.07) is 24.4. The van der Waals surface area contributed by atoms with Crippen LogP contribution >= 0.6 is 0 Å². The highest BCUT2D eigenvalue weighted by atomic mass is 16.5. The first kappa shape index (κ1) is 20.8. The average molecular weight is 416 g/mol. The van der Waals surface area contributed by atoms with Crippen LogP contribution in [-0.2, 0) is 6.42 Å². The summed E-state index contributed by atoms with van der Waals surface area (Å²) in [7, 11) is 5.68. The molecule has 5 heteroatoms. The number of rotatable bonds is 7. The van der Waals surface area contributed by atoms with Gasteiger partial charge in [0, 0.05) is 44.1 Å². The van der Waals surface area contributed by atoms with E-state index in [1.807, 2.05) is 32.3 Å². The number of ether oxygens (including phenoxy) is 1. The van der Waals surface area contributed by atoms with Gasteiger partial charge >= 0.3 is 0 Å². The van der Waals surface area contributed by atoms with Crippen molar-refractivity contribution in [2.45, 2.75) is 12.5 Å². The van der Waals surface area contributed by atoms with Crippen molar-refractivity contribution in [3.63, 3.8) is 0 Å². The fraction of sp³-hybridized carbons (Fsp3) is 0.269. The molecule has 0 saturated heterocycles. The number of hydrogen-bond donors (Lipinski definition) is 1. The van der Waals surface area contributed by atoms with Crippen molar-refractivity contribution < 1.29 is 9.53 Å². The molecule has 1 amide bonds. The highest BCUT2D eigenvalue weighted by Gasteiger charge is 2.27. The van der Waals surface area contributed by atoms with E-state index >= 15 is 0 Å². The van der Waals surface area contributed by atoms with E-state index in [0.29, 0.717) is 17.9 Å². The molecule has 0 unspecified atom stereocenters. The van der Waals surface area contributed by atoms with Gasteiger partial charge in [0.05, 0.1) is 13.2 Å². The lowest BCUT2D eigenvalue weighted by Gasteiger charge is -2.31. The Hall–Kier alpha value is -3.47. The quantitative estimate of drug-likeness (QED) is 0.625. The van der Waals surface area contributed by atoms with E-state index in [2.05, 4.69) is 63.6 Å². The zero-order valence-corrected chi connectivity index (χ0v) is 18.3. The number of carbonyl (C=O) groups excluding carboxylic acids is 1. The molecule has 0 aromatic heterocycles. The molecule has 1 aliphatic heterocycles. The highest BCUT2D eigenvalue weighted by Crippen LogP contribution is 2.35. The fourth-order valence-electron chi connectivity index (χ4n) is 4.15. The van der Waals surface area contributed by atoms with Gasteiger partial charge in [-0.3, -0.25) is 4.79 Å². The molecular formula is C26H29N3O2. The lowest BCUT2D eigenvalue weighted by atomic mass is 10.0. The van der Waals surface area contributed by atoms with E-state index in [9.17, 15) is 4.79 Å². The van der Waals surface area contributed by atoms with Crippen LogP contribution in [0.1, 0.15) is 27.5 Å². The van der Waals surface area contributed by atoms with Gasteiger partial charge in [-0.25, -0.2) is 0 Å². The topological polar surface area (TPSA) is 44.8 Å². The van der Waals surface area contributed by atoms with Crippen LogP contribution in [0.4, 0.5) is 11.4 Å². The smallest absolute Gasteiger partial charge is 0.251 e. The summed E-state index contributed by atoms with van der Waals surface area (Å²) in [6.07, 6.45) is 1.02. The molecular weight excluding hydrogens is 386 g/mol. The van der Waals surface area contributed by atoms with Crippen LogP contribution in [0.25, 0.3) is 0 Å². The first-order valence-corrected chi connectivity index (χ1v) is 10.6. The van der Waals surface area contributed by atoms with Gasteiger partial charge in [0.25, 0.3) is 5.91 Å². The lowest BCUT2D eigenvalue weighted by molar-refractivity contribution is 0.0950. The summed E-state index contributed by atoms with van der Waals surface area (Å²) in [5, 5.41) is 3.15. The molecule has 3 aromatic rings. The van der Waals surface area contributed by atoms with Gasteiger partial charge in [0.1, 0.15) is 5.75 Å². The normalized spacial score (nSPS) is 13.5. The van der Waals surface area contributed by atoms with E-state index in [4.69, 9.17) is 4.74 Å². The van der Waals surface area contributed by atoms with Crippen LogP contribution < -0.4 is 19.9 Å². The SMILES string of the molecule is COc1cccc(C(=O)NC[C@H](c2ccc(N(C)C)cc2)N2CCc3ccccc32)c1. The molecule has 3 aromatic carbocycles. The summed E-state index contributed by atoms with van der Waals surface area (Å²) >= 11 is 0. The second-order valence-electron chi connectivity index (χ2n) is 8.02. The van der Waals surface area contributed by atoms with Crippen molar-refractivity contribution in [2.75, 3.05) is 44.1 Å². The van der Waals surface area contributed by atoms with Gasteiger partial charge < -0.3 is 19.9 Å². The number of methoxy groups -OCH3 is 1. The Morgan fingerprint density at radius 3 is 2.58 bits per heavy atom. The number of benzene rings is 3. The molecule has 5 nitrogen and oxygen atoms in total. The molecule has 31 heavy (non-hydrogen) atoms. The van der Waals surface area contributed by atoms with E-state index in [0.717, 1.165) is 18.7 Å². The minimum Gasteiger partial charge on any atom is -0.497 e. The number of para-hydroxylation sites is 1. The van der Waals surface area contributed by atoms with Crippen LogP contribution in [0.3, 0.4) is 0 Å². The van der Waals surface area contributed by atoms with Crippen LogP contribution in [0.5, 0.6) is 5.75 Å². The summed E-state index contributed by atoms with van der Waals surface area (Å²) in [5.74, 6) is 0.582. The number of nitrogens with zero attached hydrogens (tertiary/aromatic N) is 2. The van der Waals surface area contributed by atoms with Crippen LogP contribution in [0.15, 0.2) is 72.8 Å². The summed E-state index contributed by atoms with van der Waals surface area (Å²) < 4.78 is 5.26. The number of anilines is 2. The predicted molar refractivity (Wildman–Crippen MR) is 126 cm³/mol. The summed E-state index contributed by atoms with van der Waals surface area (Å²) in [6.45, 7) is 1.46. The maximum absolute atomic E-state index is 12.9. The molecule has 1 aliphatic rings. The molecule has 4 rings (SSSR count). The molecule has 0 aliphatic carbocycles. The number of fused-ring (bicyclic) bond motifs is 1. The van der Waals surface area contributed by atoms with Crippen LogP contribution in [-0.4, -0.2) is 40.2 Å². The van der Waals surface area contributed by atoms with Crippen molar-refractivity contribution in [3.05, 3.63) is 89.5 Å². The van der Waals surface area contributed by atoms with E-state index in [1.54, 1.807) is 13.2 Å². The van der Waals surface area contributed by atoms with Gasteiger partial charge in [0.2, 0.25) is 0 Å². The molecule has 0 bridgehead atoms. The standard InChI is InChI=1S/C26H29N3O2/c1-28(2)22-13-11-20(12-14-22)25(29-16-15-19-7-4-5-10-24(19)29)18-27-26(30)21-8-6-9-23(17-21)31-3/h4-14,17,25H,15-16,18H2,1-3H3,(H,27,30)/t25-/m1/s1. The minimum atomic E-state index is -0.0960. The monoisotopic (exact) mass is 415 g/mol. The summed E-state index contributed by atoms with van der Waals surface area (Å²) in [5.41, 5.74) is 5.55. The second kappa shape index (κ2) is 9.13. The van der Waals surface area contributed by atoms with Gasteiger partial charge in [0.15, 0.2) is 0 Å². The van der Waals surface area contributed by atoms with Crippen molar-refractivity contribution in [1.82, 2.24) is 5.32 Å². The summed E-state index contributed by atoms with van der Waals surface area (Å²) in [4.78, 5) is 17.4. The van der Waals surface area contributed by atoms with Gasteiger partial charge in [-0.05, 0) is 53.9 Å². The van der Waals surface area contributed by atoms with E-state index in [1.165, 1.54) is 16.8 Å². The Morgan fingerprint density at radius 2 is 1.84 bits per heavy atom. The minimum absolute atomic E-state index is 0.0504. The third kappa shape index (κ3) is 4.50. The first-order valence-electron chi connectivity index (χ1n) is 10.6. The number of hydrogen-bond acceptors (Lipinski definition) is 4. The van der Waals surface area contributed by atoms with Gasteiger partial charge in [-0.15, -0.1) is 0 Å². The van der Waals surface area contributed by atoms with Crippen molar-refractivity contribution in [1.29, 1.82) is 0 Å². The van der Waals surface area contributed by atoms with E-state index < -0.39 is 0 Å². The zero-order chi connectivity index (χ0) is 21.8. The lowest BCUT2D eigenvalue weighted by Crippen LogP contribution is -2.37. The molecule has 1 heterocycles.